The topological polar surface area (TPSA) is 41.1 Å². The molecule has 2 aromatic carbocycles. The Morgan fingerprint density at radius 1 is 1.19 bits per heavy atom. The summed E-state index contributed by atoms with van der Waals surface area (Å²) in [6, 6.07) is 13.8. The number of hydrogen-bond donors (Lipinski definition) is 2. The van der Waals surface area contributed by atoms with Crippen molar-refractivity contribution in [2.75, 3.05) is 6.54 Å². The fourth-order valence-electron chi connectivity index (χ4n) is 2.63. The minimum absolute atomic E-state index is 0.0496. The molecule has 1 heterocycles. The van der Waals surface area contributed by atoms with Crippen LogP contribution in [0.2, 0.25) is 0 Å². The lowest BCUT2D eigenvalue weighted by atomic mass is 9.94. The first kappa shape index (κ1) is 13.8. The van der Waals surface area contributed by atoms with Crippen LogP contribution in [0.15, 0.2) is 48.5 Å². The molecule has 2 N–H and O–H groups in total. The van der Waals surface area contributed by atoms with Gasteiger partial charge in [-0.2, -0.15) is 0 Å². The van der Waals surface area contributed by atoms with E-state index in [2.05, 4.69) is 16.7 Å². The molecule has 0 bridgehead atoms. The molecule has 1 amide bonds. The maximum Gasteiger partial charge on any atom is 0.242 e. The molecular weight excluding hydrogens is 267 g/mol. The van der Waals surface area contributed by atoms with Gasteiger partial charge in [-0.1, -0.05) is 36.4 Å². The summed E-state index contributed by atoms with van der Waals surface area (Å²) in [7, 11) is 0. The highest BCUT2D eigenvalue weighted by molar-refractivity contribution is 5.83. The smallest absolute Gasteiger partial charge is 0.242 e. The molecular formula is C17H17FN2O. The van der Waals surface area contributed by atoms with Crippen molar-refractivity contribution in [2.24, 2.45) is 0 Å². The summed E-state index contributed by atoms with van der Waals surface area (Å²) in [5, 5.41) is 6.15. The standard InChI is InChI=1S/C17H17FN2O/c18-14-7-5-12(6-8-14)11-20-17(21)16-15-4-2-1-3-13(15)9-10-19-16/h1-8,16,19H,9-11H2,(H,20,21). The van der Waals surface area contributed by atoms with Gasteiger partial charge in [0.2, 0.25) is 5.91 Å². The molecule has 108 valence electrons. The zero-order valence-corrected chi connectivity index (χ0v) is 11.6. The van der Waals surface area contributed by atoms with E-state index in [9.17, 15) is 9.18 Å². The van der Waals surface area contributed by atoms with E-state index in [1.807, 2.05) is 18.2 Å². The van der Waals surface area contributed by atoms with Crippen molar-refractivity contribution >= 4 is 5.91 Å². The van der Waals surface area contributed by atoms with Crippen molar-refractivity contribution in [3.63, 3.8) is 0 Å². The molecule has 3 rings (SSSR count). The van der Waals surface area contributed by atoms with Gasteiger partial charge >= 0.3 is 0 Å². The Hall–Kier alpha value is -2.20. The van der Waals surface area contributed by atoms with Gasteiger partial charge in [-0.3, -0.25) is 4.79 Å². The maximum atomic E-state index is 12.8. The maximum absolute atomic E-state index is 12.8. The van der Waals surface area contributed by atoms with Gasteiger partial charge in [-0.05, 0) is 35.2 Å². The Morgan fingerprint density at radius 2 is 1.95 bits per heavy atom. The van der Waals surface area contributed by atoms with E-state index < -0.39 is 0 Å². The van der Waals surface area contributed by atoms with Crippen molar-refractivity contribution in [3.8, 4) is 0 Å². The number of amides is 1. The molecule has 1 aliphatic rings. The Morgan fingerprint density at radius 3 is 2.76 bits per heavy atom. The SMILES string of the molecule is O=C(NCc1ccc(F)cc1)C1NCCc2ccccc21. The summed E-state index contributed by atoms with van der Waals surface area (Å²) in [5.41, 5.74) is 3.15. The first-order valence-electron chi connectivity index (χ1n) is 7.07. The van der Waals surface area contributed by atoms with Gasteiger partial charge < -0.3 is 10.6 Å². The fourth-order valence-corrected chi connectivity index (χ4v) is 2.63. The van der Waals surface area contributed by atoms with Gasteiger partial charge in [0.1, 0.15) is 11.9 Å². The monoisotopic (exact) mass is 284 g/mol. The quantitative estimate of drug-likeness (QED) is 0.908. The molecule has 0 radical (unpaired) electrons. The Bertz CT molecular complexity index is 639. The zero-order chi connectivity index (χ0) is 14.7. The summed E-state index contributed by atoms with van der Waals surface area (Å²) in [6.07, 6.45) is 0.942. The van der Waals surface area contributed by atoms with Crippen LogP contribution in [0.25, 0.3) is 0 Å². The normalized spacial score (nSPS) is 17.1. The third kappa shape index (κ3) is 3.11. The molecule has 1 atom stereocenters. The van der Waals surface area contributed by atoms with E-state index >= 15 is 0 Å². The predicted octanol–water partition coefficient (Wildman–Crippen LogP) is 2.33. The summed E-state index contributed by atoms with van der Waals surface area (Å²) in [5.74, 6) is -0.320. The van der Waals surface area contributed by atoms with Gasteiger partial charge in [0.15, 0.2) is 0 Å². The van der Waals surface area contributed by atoms with Crippen molar-refractivity contribution in [3.05, 3.63) is 71.0 Å². The summed E-state index contributed by atoms with van der Waals surface area (Å²) in [6.45, 7) is 1.20. The van der Waals surface area contributed by atoms with Crippen LogP contribution in [-0.2, 0) is 17.8 Å². The molecule has 0 fully saturated rings. The predicted molar refractivity (Wildman–Crippen MR) is 79.1 cm³/mol. The lowest BCUT2D eigenvalue weighted by Gasteiger charge is -2.26. The molecule has 0 aromatic heterocycles. The molecule has 4 heteroatoms. The molecule has 3 nitrogen and oxygen atoms in total. The van der Waals surface area contributed by atoms with E-state index in [0.717, 1.165) is 24.1 Å². The highest BCUT2D eigenvalue weighted by atomic mass is 19.1. The second kappa shape index (κ2) is 6.06. The third-order valence-electron chi connectivity index (χ3n) is 3.75. The van der Waals surface area contributed by atoms with E-state index in [-0.39, 0.29) is 17.8 Å². The first-order valence-corrected chi connectivity index (χ1v) is 7.07. The molecule has 21 heavy (non-hydrogen) atoms. The Balaban J connectivity index is 1.68. The van der Waals surface area contributed by atoms with E-state index in [0.29, 0.717) is 6.54 Å². The first-order chi connectivity index (χ1) is 10.2. The summed E-state index contributed by atoms with van der Waals surface area (Å²) >= 11 is 0. The van der Waals surface area contributed by atoms with E-state index in [1.165, 1.54) is 17.7 Å². The van der Waals surface area contributed by atoms with Crippen LogP contribution in [-0.4, -0.2) is 12.5 Å². The second-order valence-corrected chi connectivity index (χ2v) is 5.18. The highest BCUT2D eigenvalue weighted by Gasteiger charge is 2.25. The largest absolute Gasteiger partial charge is 0.350 e. The lowest BCUT2D eigenvalue weighted by molar-refractivity contribution is -0.123. The number of rotatable bonds is 3. The van der Waals surface area contributed by atoms with Crippen LogP contribution in [0.5, 0.6) is 0 Å². The Kier molecular flexibility index (Phi) is 3.97. The van der Waals surface area contributed by atoms with Crippen molar-refractivity contribution in [1.82, 2.24) is 10.6 Å². The number of carbonyl (C=O) groups is 1. The van der Waals surface area contributed by atoms with Crippen molar-refractivity contribution in [2.45, 2.75) is 19.0 Å². The van der Waals surface area contributed by atoms with Crippen LogP contribution in [0.3, 0.4) is 0 Å². The number of fused-ring (bicyclic) bond motifs is 1. The number of nitrogens with one attached hydrogen (secondary N) is 2. The molecule has 0 aliphatic carbocycles. The van der Waals surface area contributed by atoms with Crippen LogP contribution in [0.1, 0.15) is 22.7 Å². The molecule has 1 unspecified atom stereocenters. The molecule has 2 aromatic rings. The molecule has 0 saturated carbocycles. The lowest BCUT2D eigenvalue weighted by Crippen LogP contribution is -2.41. The van der Waals surface area contributed by atoms with Crippen LogP contribution < -0.4 is 10.6 Å². The molecule has 0 spiro atoms. The van der Waals surface area contributed by atoms with Crippen molar-refractivity contribution < 1.29 is 9.18 Å². The number of carbonyl (C=O) groups excluding carboxylic acids is 1. The van der Waals surface area contributed by atoms with Gasteiger partial charge in [-0.15, -0.1) is 0 Å². The van der Waals surface area contributed by atoms with Gasteiger partial charge in [0, 0.05) is 13.1 Å². The van der Waals surface area contributed by atoms with Crippen LogP contribution in [0.4, 0.5) is 4.39 Å². The minimum Gasteiger partial charge on any atom is -0.350 e. The third-order valence-corrected chi connectivity index (χ3v) is 3.75. The van der Waals surface area contributed by atoms with E-state index in [1.54, 1.807) is 12.1 Å². The minimum atomic E-state index is -0.310. The number of halogens is 1. The van der Waals surface area contributed by atoms with Crippen LogP contribution >= 0.6 is 0 Å². The number of benzene rings is 2. The van der Waals surface area contributed by atoms with Gasteiger partial charge in [-0.25, -0.2) is 4.39 Å². The average Bonchev–Trinajstić information content (AvgIpc) is 2.53. The zero-order valence-electron chi connectivity index (χ0n) is 11.6. The van der Waals surface area contributed by atoms with Gasteiger partial charge in [0.05, 0.1) is 0 Å². The van der Waals surface area contributed by atoms with Crippen molar-refractivity contribution in [1.29, 1.82) is 0 Å². The average molecular weight is 284 g/mol. The van der Waals surface area contributed by atoms with Crippen LogP contribution in [0, 0.1) is 5.82 Å². The van der Waals surface area contributed by atoms with Gasteiger partial charge in [0.25, 0.3) is 0 Å². The fraction of sp³-hybridized carbons (Fsp3) is 0.235. The molecule has 0 saturated heterocycles. The second-order valence-electron chi connectivity index (χ2n) is 5.18. The highest BCUT2D eigenvalue weighted by Crippen LogP contribution is 2.22. The summed E-state index contributed by atoms with van der Waals surface area (Å²) in [4.78, 5) is 12.4. The van der Waals surface area contributed by atoms with E-state index in [4.69, 9.17) is 0 Å². The molecule has 1 aliphatic heterocycles. The summed E-state index contributed by atoms with van der Waals surface area (Å²) < 4.78 is 12.8. The Labute approximate surface area is 123 Å². The number of hydrogen-bond acceptors (Lipinski definition) is 2.